The summed E-state index contributed by atoms with van der Waals surface area (Å²) < 4.78 is 9.49. The second kappa shape index (κ2) is 29.7. The highest BCUT2D eigenvalue weighted by atomic mass is 15.0. The van der Waals surface area contributed by atoms with Crippen molar-refractivity contribution in [3.05, 3.63) is 435 Å². The maximum absolute atomic E-state index is 2.39. The number of rotatable bonds is 9. The minimum absolute atomic E-state index is 1.18. The number of aryl methyl sites for hydroxylation is 4. The van der Waals surface area contributed by atoms with Crippen molar-refractivity contribution in [3.63, 3.8) is 0 Å². The summed E-state index contributed by atoms with van der Waals surface area (Å²) in [4.78, 5) is 0. The van der Waals surface area contributed by atoms with E-state index >= 15 is 0 Å². The summed E-state index contributed by atoms with van der Waals surface area (Å²) >= 11 is 0. The highest BCUT2D eigenvalue weighted by molar-refractivity contribution is 6.14. The van der Waals surface area contributed by atoms with Gasteiger partial charge in [-0.1, -0.05) is 314 Å². The van der Waals surface area contributed by atoms with Crippen LogP contribution in [0.1, 0.15) is 22.3 Å². The molecule has 4 heterocycles. The summed E-state index contributed by atoms with van der Waals surface area (Å²) in [5, 5.41) is 10.3. The van der Waals surface area contributed by atoms with E-state index in [0.29, 0.717) is 0 Å². The molecule has 0 bridgehead atoms. The second-order valence-corrected chi connectivity index (χ2v) is 28.7. The molecule has 4 nitrogen and oxygen atoms in total. The Morgan fingerprint density at radius 3 is 0.873 bits per heavy atom. The van der Waals surface area contributed by atoms with Gasteiger partial charge in [-0.2, -0.15) is 0 Å². The summed E-state index contributed by atoms with van der Waals surface area (Å²) in [5.41, 5.74) is 32.4. The van der Waals surface area contributed by atoms with Crippen LogP contribution in [0, 0.1) is 27.7 Å². The molecule has 21 aromatic rings. The Kier molecular flexibility index (Phi) is 18.3. The molecule has 0 N–H and O–H groups in total. The molecule has 0 aliphatic carbocycles. The molecule has 17 aromatic carbocycles. The van der Waals surface area contributed by atoms with Gasteiger partial charge in [-0.3, -0.25) is 0 Å². The Morgan fingerprint density at radius 2 is 0.418 bits per heavy atom. The van der Waals surface area contributed by atoms with Crippen LogP contribution in [-0.4, -0.2) is 18.3 Å². The molecular weight excluding hydrogens is 1330 g/mol. The van der Waals surface area contributed by atoms with E-state index in [1.807, 2.05) is 0 Å². The van der Waals surface area contributed by atoms with Crippen molar-refractivity contribution in [2.24, 2.45) is 0 Å². The summed E-state index contributed by atoms with van der Waals surface area (Å²) in [6, 6.07) is 148. The van der Waals surface area contributed by atoms with Gasteiger partial charge < -0.3 is 18.3 Å². The zero-order valence-corrected chi connectivity index (χ0v) is 62.0. The molecule has 0 aliphatic rings. The lowest BCUT2D eigenvalue weighted by Gasteiger charge is -2.09. The van der Waals surface area contributed by atoms with E-state index in [4.69, 9.17) is 0 Å². The zero-order valence-electron chi connectivity index (χ0n) is 62.0. The maximum atomic E-state index is 2.39. The van der Waals surface area contributed by atoms with E-state index in [9.17, 15) is 0 Å². The first-order chi connectivity index (χ1) is 54.2. The topological polar surface area (TPSA) is 19.7 Å². The molecule has 0 saturated heterocycles. The number of para-hydroxylation sites is 6. The third-order valence-corrected chi connectivity index (χ3v) is 21.5. The van der Waals surface area contributed by atoms with E-state index in [2.05, 4.69) is 458 Å². The molecule has 524 valence electrons. The van der Waals surface area contributed by atoms with Gasteiger partial charge in [0.2, 0.25) is 0 Å². The lowest BCUT2D eigenvalue weighted by Crippen LogP contribution is -1.94. The van der Waals surface area contributed by atoms with E-state index in [1.165, 1.54) is 188 Å². The molecule has 0 spiro atoms. The number of hydrogen-bond acceptors (Lipinski definition) is 0. The molecule has 4 aromatic heterocycles. The first-order valence-electron chi connectivity index (χ1n) is 38.0. The Hall–Kier alpha value is -14.1. The van der Waals surface area contributed by atoms with Crippen molar-refractivity contribution in [1.29, 1.82) is 0 Å². The SMILES string of the molecule is Cc1ccc(-c2ccc(-n3c4ccccc4c4ccccc43)cc2)cc1.Cc1ccc(-c2ccc3c4cc(-c5ccccc5)ccc4n(-c4ccccc4)c3c2)cc1.Cc1ccc2c3cc(-c4ccccc4)ccc3n(-c3ccccc3)c2c1.Cc1cccc2c3cc(-c4ccccc4)ccc3n(-c3ccccc3)c12. The number of fused-ring (bicyclic) bond motifs is 12. The fourth-order valence-electron chi connectivity index (χ4n) is 16.1. The van der Waals surface area contributed by atoms with Crippen LogP contribution < -0.4 is 0 Å². The van der Waals surface area contributed by atoms with Gasteiger partial charge in [-0.05, 0) is 204 Å². The van der Waals surface area contributed by atoms with Crippen molar-refractivity contribution in [2.75, 3.05) is 0 Å². The first-order valence-corrected chi connectivity index (χ1v) is 38.0. The summed E-state index contributed by atoms with van der Waals surface area (Å²) in [5.74, 6) is 0. The van der Waals surface area contributed by atoms with Crippen molar-refractivity contribution in [2.45, 2.75) is 27.7 Å². The fraction of sp³-hybridized carbons (Fsp3) is 0.0377. The third kappa shape index (κ3) is 13.1. The molecule has 0 unspecified atom stereocenters. The highest BCUT2D eigenvalue weighted by Crippen LogP contribution is 2.41. The smallest absolute Gasteiger partial charge is 0.0570 e. The van der Waals surface area contributed by atoms with E-state index in [-0.39, 0.29) is 0 Å². The predicted molar refractivity (Wildman–Crippen MR) is 469 cm³/mol. The summed E-state index contributed by atoms with van der Waals surface area (Å²) in [7, 11) is 0. The predicted octanol–water partition coefficient (Wildman–Crippen LogP) is 28.7. The number of hydrogen-bond donors (Lipinski definition) is 0. The number of nitrogens with zero attached hydrogens (tertiary/aromatic N) is 4. The largest absolute Gasteiger partial charge is 0.309 e. The van der Waals surface area contributed by atoms with Crippen molar-refractivity contribution < 1.29 is 0 Å². The number of aromatic nitrogens is 4. The standard InChI is InChI=1S/C31H23N.3C25H19N/c1-22-12-14-24(15-13-22)26-16-18-28-29-20-25(23-8-4-2-5-9-23)17-19-30(29)32(31(28)21-26)27-10-6-3-7-11-27;1-18-10-12-19(13-11-18)20-14-16-21(17-15-20)26-24-8-4-2-6-22(24)23-7-3-5-9-25(23)26;1-18-9-8-14-22-23-17-20(19-10-4-2-5-11-19)15-16-24(23)26(25(18)22)21-12-6-3-7-13-21;1-18-12-14-22-23-17-20(19-8-4-2-5-9-19)13-15-24(23)26(25(22)16-18)21-10-6-3-7-11-21/h2-21H,1H3;3*2-17H,1H3. The molecular formula is C106H80N4. The van der Waals surface area contributed by atoms with Gasteiger partial charge >= 0.3 is 0 Å². The van der Waals surface area contributed by atoms with Crippen LogP contribution in [0.15, 0.2) is 413 Å². The summed E-state index contributed by atoms with van der Waals surface area (Å²) in [6.45, 7) is 8.60. The van der Waals surface area contributed by atoms with Crippen LogP contribution in [-0.2, 0) is 0 Å². The molecule has 0 saturated carbocycles. The molecule has 0 fully saturated rings. The second-order valence-electron chi connectivity index (χ2n) is 28.7. The minimum atomic E-state index is 1.18. The van der Waals surface area contributed by atoms with Crippen LogP contribution in [0.2, 0.25) is 0 Å². The normalized spacial score (nSPS) is 11.3. The van der Waals surface area contributed by atoms with Gasteiger partial charge in [0, 0.05) is 65.8 Å². The Labute approximate surface area is 642 Å². The van der Waals surface area contributed by atoms with E-state index in [0.717, 1.165) is 0 Å². The summed E-state index contributed by atoms with van der Waals surface area (Å²) in [6.07, 6.45) is 0. The minimum Gasteiger partial charge on any atom is -0.309 e. The maximum Gasteiger partial charge on any atom is 0.0570 e. The molecule has 0 atom stereocenters. The van der Waals surface area contributed by atoms with Crippen LogP contribution in [0.5, 0.6) is 0 Å². The van der Waals surface area contributed by atoms with Crippen LogP contribution in [0.4, 0.5) is 0 Å². The van der Waals surface area contributed by atoms with Gasteiger partial charge in [0.25, 0.3) is 0 Å². The van der Waals surface area contributed by atoms with E-state index < -0.39 is 0 Å². The Bertz CT molecular complexity index is 6800. The highest BCUT2D eigenvalue weighted by Gasteiger charge is 2.19. The monoisotopic (exact) mass is 1410 g/mol. The number of benzene rings is 17. The zero-order chi connectivity index (χ0) is 74.0. The average Bonchev–Trinajstić information content (AvgIpc) is 1.61. The Balaban J connectivity index is 0.000000103. The van der Waals surface area contributed by atoms with E-state index in [1.54, 1.807) is 0 Å². The van der Waals surface area contributed by atoms with Crippen LogP contribution in [0.25, 0.3) is 166 Å². The van der Waals surface area contributed by atoms with Gasteiger partial charge in [-0.15, -0.1) is 0 Å². The fourth-order valence-corrected chi connectivity index (χ4v) is 16.1. The lowest BCUT2D eigenvalue weighted by molar-refractivity contribution is 1.17. The van der Waals surface area contributed by atoms with Gasteiger partial charge in [-0.25, -0.2) is 0 Å². The molecule has 0 radical (unpaired) electrons. The van der Waals surface area contributed by atoms with Gasteiger partial charge in [0.15, 0.2) is 0 Å². The molecule has 0 amide bonds. The van der Waals surface area contributed by atoms with Gasteiger partial charge in [0.1, 0.15) is 0 Å². The van der Waals surface area contributed by atoms with Gasteiger partial charge in [0.05, 0.1) is 44.1 Å². The van der Waals surface area contributed by atoms with Crippen LogP contribution in [0.3, 0.4) is 0 Å². The third-order valence-electron chi connectivity index (χ3n) is 21.5. The van der Waals surface area contributed by atoms with Crippen molar-refractivity contribution >= 4 is 87.2 Å². The molecule has 110 heavy (non-hydrogen) atoms. The Morgan fingerprint density at radius 1 is 0.145 bits per heavy atom. The van der Waals surface area contributed by atoms with Crippen LogP contribution >= 0.6 is 0 Å². The van der Waals surface area contributed by atoms with Crippen molar-refractivity contribution in [1.82, 2.24) is 18.3 Å². The average molecular weight is 1410 g/mol. The molecule has 4 heteroatoms. The first kappa shape index (κ1) is 67.8. The molecule has 21 rings (SSSR count). The quantitative estimate of drug-likeness (QED) is 0.137. The molecule has 0 aliphatic heterocycles. The van der Waals surface area contributed by atoms with Crippen molar-refractivity contribution in [3.8, 4) is 78.4 Å². The lowest BCUT2D eigenvalue weighted by atomic mass is 10.0.